The number of carbonyl (C=O) groups is 2. The van der Waals surface area contributed by atoms with E-state index in [0.29, 0.717) is 11.4 Å². The Balaban J connectivity index is 2.25. The van der Waals surface area contributed by atoms with E-state index in [2.05, 4.69) is 0 Å². The van der Waals surface area contributed by atoms with Crippen molar-refractivity contribution in [2.24, 2.45) is 11.8 Å². The van der Waals surface area contributed by atoms with E-state index in [1.165, 1.54) is 22.7 Å². The number of benzene rings is 1. The standard InChI is InChI=1S/C14H16N2O5S/c1-8-6-15(7-10(8)14(18)19)13(17)9-3-4-12(22-2)11(5-9)16(20)21/h3-5,8,10H,6-7H2,1-2H3,(H,18,19)/t8-,10-/m1/s1. The van der Waals surface area contributed by atoms with Crippen LogP contribution in [0.4, 0.5) is 5.69 Å². The number of carboxylic acid groups (broad SMARTS) is 1. The summed E-state index contributed by atoms with van der Waals surface area (Å²) in [6.45, 7) is 2.26. The highest BCUT2D eigenvalue weighted by atomic mass is 32.2. The molecular formula is C14H16N2O5S. The number of hydrogen-bond donors (Lipinski definition) is 1. The van der Waals surface area contributed by atoms with Crippen LogP contribution in [0.3, 0.4) is 0 Å². The summed E-state index contributed by atoms with van der Waals surface area (Å²) in [5.41, 5.74) is 0.100. The van der Waals surface area contributed by atoms with Gasteiger partial charge in [0.05, 0.1) is 15.7 Å². The van der Waals surface area contributed by atoms with E-state index < -0.39 is 16.8 Å². The quantitative estimate of drug-likeness (QED) is 0.517. The minimum absolute atomic E-state index is 0.111. The molecule has 0 unspecified atom stereocenters. The average Bonchev–Trinajstić information content (AvgIpc) is 2.87. The van der Waals surface area contributed by atoms with Gasteiger partial charge in [-0.2, -0.15) is 0 Å². The molecule has 2 rings (SSSR count). The van der Waals surface area contributed by atoms with Gasteiger partial charge >= 0.3 is 5.97 Å². The monoisotopic (exact) mass is 324 g/mol. The van der Waals surface area contributed by atoms with Crippen LogP contribution >= 0.6 is 11.8 Å². The summed E-state index contributed by atoms with van der Waals surface area (Å²) in [5.74, 6) is -2.02. The van der Waals surface area contributed by atoms with Crippen LogP contribution in [-0.4, -0.2) is 46.2 Å². The van der Waals surface area contributed by atoms with Crippen LogP contribution in [0, 0.1) is 22.0 Å². The van der Waals surface area contributed by atoms with Crippen molar-refractivity contribution < 1.29 is 19.6 Å². The second-order valence-electron chi connectivity index (χ2n) is 5.28. The summed E-state index contributed by atoms with van der Waals surface area (Å²) in [6, 6.07) is 4.34. The van der Waals surface area contributed by atoms with Crippen LogP contribution < -0.4 is 0 Å². The molecule has 22 heavy (non-hydrogen) atoms. The third kappa shape index (κ3) is 3.06. The van der Waals surface area contributed by atoms with E-state index >= 15 is 0 Å². The molecule has 0 radical (unpaired) electrons. The number of aliphatic carboxylic acids is 1. The lowest BCUT2D eigenvalue weighted by molar-refractivity contribution is -0.387. The Morgan fingerprint density at radius 1 is 1.41 bits per heavy atom. The molecule has 1 saturated heterocycles. The van der Waals surface area contributed by atoms with Crippen LogP contribution in [0.25, 0.3) is 0 Å². The highest BCUT2D eigenvalue weighted by molar-refractivity contribution is 7.98. The molecule has 0 spiro atoms. The molecule has 1 fully saturated rings. The molecule has 1 heterocycles. The maximum absolute atomic E-state index is 12.4. The molecule has 0 aromatic heterocycles. The van der Waals surface area contributed by atoms with E-state index in [9.17, 15) is 19.7 Å². The summed E-state index contributed by atoms with van der Waals surface area (Å²) in [4.78, 5) is 36.0. The van der Waals surface area contributed by atoms with Gasteiger partial charge in [0.15, 0.2) is 0 Å². The van der Waals surface area contributed by atoms with Crippen molar-refractivity contribution in [3.8, 4) is 0 Å². The Morgan fingerprint density at radius 2 is 2.09 bits per heavy atom. The Labute approximate surface area is 131 Å². The molecule has 0 bridgehead atoms. The molecule has 7 nitrogen and oxygen atoms in total. The van der Waals surface area contributed by atoms with Crippen molar-refractivity contribution in [3.05, 3.63) is 33.9 Å². The van der Waals surface area contributed by atoms with Crippen LogP contribution in [0.1, 0.15) is 17.3 Å². The number of hydrogen-bond acceptors (Lipinski definition) is 5. The fraction of sp³-hybridized carbons (Fsp3) is 0.429. The predicted octanol–water partition coefficient (Wildman–Crippen LogP) is 2.11. The van der Waals surface area contributed by atoms with Gasteiger partial charge in [0.25, 0.3) is 11.6 Å². The first-order valence-electron chi connectivity index (χ1n) is 6.69. The maximum atomic E-state index is 12.4. The van der Waals surface area contributed by atoms with Gasteiger partial charge in [-0.15, -0.1) is 11.8 Å². The second kappa shape index (κ2) is 6.35. The van der Waals surface area contributed by atoms with Crippen molar-refractivity contribution in [1.29, 1.82) is 0 Å². The number of nitrogens with zero attached hydrogens (tertiary/aromatic N) is 2. The van der Waals surface area contributed by atoms with Gasteiger partial charge in [-0.3, -0.25) is 19.7 Å². The molecule has 1 aliphatic heterocycles. The average molecular weight is 324 g/mol. The predicted molar refractivity (Wildman–Crippen MR) is 81.1 cm³/mol. The number of nitro benzene ring substituents is 1. The molecule has 1 aliphatic rings. The number of carbonyl (C=O) groups excluding carboxylic acids is 1. The normalized spacial score (nSPS) is 20.9. The molecule has 1 amide bonds. The number of amides is 1. The van der Waals surface area contributed by atoms with Crippen LogP contribution in [-0.2, 0) is 4.79 Å². The molecule has 0 saturated carbocycles. The van der Waals surface area contributed by atoms with E-state index in [0.717, 1.165) is 0 Å². The lowest BCUT2D eigenvalue weighted by Gasteiger charge is -2.16. The van der Waals surface area contributed by atoms with E-state index in [-0.39, 0.29) is 29.6 Å². The molecule has 1 aromatic rings. The Morgan fingerprint density at radius 3 is 2.59 bits per heavy atom. The highest BCUT2D eigenvalue weighted by Crippen LogP contribution is 2.30. The third-order valence-electron chi connectivity index (χ3n) is 3.84. The fourth-order valence-corrected chi connectivity index (χ4v) is 3.15. The lowest BCUT2D eigenvalue weighted by Crippen LogP contribution is -2.30. The maximum Gasteiger partial charge on any atom is 0.308 e. The fourth-order valence-electron chi connectivity index (χ4n) is 2.60. The number of carboxylic acids is 1. The van der Waals surface area contributed by atoms with E-state index in [1.54, 1.807) is 25.3 Å². The molecule has 1 aromatic carbocycles. The molecular weight excluding hydrogens is 308 g/mol. The third-order valence-corrected chi connectivity index (χ3v) is 4.62. The van der Waals surface area contributed by atoms with E-state index in [1.807, 2.05) is 0 Å². The Bertz CT molecular complexity index is 634. The summed E-state index contributed by atoms with van der Waals surface area (Å²) >= 11 is 1.24. The number of thioether (sulfide) groups is 1. The number of nitro groups is 1. The first-order valence-corrected chi connectivity index (χ1v) is 7.92. The van der Waals surface area contributed by atoms with Gasteiger partial charge in [-0.05, 0) is 24.3 Å². The van der Waals surface area contributed by atoms with Crippen molar-refractivity contribution in [1.82, 2.24) is 4.90 Å². The zero-order chi connectivity index (χ0) is 16.4. The number of rotatable bonds is 4. The molecule has 2 atom stereocenters. The summed E-state index contributed by atoms with van der Waals surface area (Å²) in [7, 11) is 0. The van der Waals surface area contributed by atoms with Crippen molar-refractivity contribution in [2.75, 3.05) is 19.3 Å². The van der Waals surface area contributed by atoms with Crippen molar-refractivity contribution in [2.45, 2.75) is 11.8 Å². The van der Waals surface area contributed by atoms with Gasteiger partial charge in [0, 0.05) is 24.7 Å². The highest BCUT2D eigenvalue weighted by Gasteiger charge is 2.37. The largest absolute Gasteiger partial charge is 0.481 e. The minimum atomic E-state index is -0.925. The van der Waals surface area contributed by atoms with Gasteiger partial charge < -0.3 is 10.0 Å². The lowest BCUT2D eigenvalue weighted by atomic mass is 9.99. The molecule has 0 aliphatic carbocycles. The van der Waals surface area contributed by atoms with Crippen molar-refractivity contribution >= 4 is 29.3 Å². The van der Waals surface area contributed by atoms with Gasteiger partial charge in [0.1, 0.15) is 0 Å². The first-order chi connectivity index (χ1) is 10.3. The van der Waals surface area contributed by atoms with Crippen LogP contribution in [0.2, 0.25) is 0 Å². The molecule has 118 valence electrons. The smallest absolute Gasteiger partial charge is 0.308 e. The first kappa shape index (κ1) is 16.3. The van der Waals surface area contributed by atoms with Crippen molar-refractivity contribution in [3.63, 3.8) is 0 Å². The summed E-state index contributed by atoms with van der Waals surface area (Å²) in [6.07, 6.45) is 1.73. The summed E-state index contributed by atoms with van der Waals surface area (Å²) in [5, 5.41) is 20.2. The van der Waals surface area contributed by atoms with Gasteiger partial charge in [-0.1, -0.05) is 6.92 Å². The minimum Gasteiger partial charge on any atom is -0.481 e. The SMILES string of the molecule is CSc1ccc(C(=O)N2C[C@@H](C)[C@H](C(=O)O)C2)cc1[N+](=O)[O-]. The van der Waals surface area contributed by atoms with Crippen LogP contribution in [0.5, 0.6) is 0 Å². The number of likely N-dealkylation sites (tertiary alicyclic amines) is 1. The second-order valence-corrected chi connectivity index (χ2v) is 6.12. The van der Waals surface area contributed by atoms with Crippen LogP contribution in [0.15, 0.2) is 23.1 Å². The summed E-state index contributed by atoms with van der Waals surface area (Å²) < 4.78 is 0. The molecule has 1 N–H and O–H groups in total. The van der Waals surface area contributed by atoms with Gasteiger partial charge in [0.2, 0.25) is 0 Å². The Hall–Kier alpha value is -2.09. The van der Waals surface area contributed by atoms with E-state index in [4.69, 9.17) is 5.11 Å². The Kier molecular flexibility index (Phi) is 4.70. The van der Waals surface area contributed by atoms with Gasteiger partial charge in [-0.25, -0.2) is 0 Å². The topological polar surface area (TPSA) is 101 Å². The zero-order valence-electron chi connectivity index (χ0n) is 12.2. The molecule has 8 heteroatoms. The zero-order valence-corrected chi connectivity index (χ0v) is 13.0.